The zero-order valence-corrected chi connectivity index (χ0v) is 23.8. The molecule has 1 aliphatic rings. The molecule has 0 saturated heterocycles. The predicted octanol–water partition coefficient (Wildman–Crippen LogP) is 9.33. The van der Waals surface area contributed by atoms with Gasteiger partial charge in [0.1, 0.15) is 6.10 Å². The first-order valence-corrected chi connectivity index (χ1v) is 15.2. The Hall–Kier alpha value is -1.06. The van der Waals surface area contributed by atoms with Crippen molar-refractivity contribution in [3.63, 3.8) is 0 Å². The molecule has 0 atom stereocenters. The SMILES string of the molecule is CCCCCCCCCCCCCCCCCOC(=O)CCC(=O)OC1CCC(C(C)(C)C)CC1. The Morgan fingerprint density at radius 2 is 1.06 bits per heavy atom. The molecule has 1 rings (SSSR count). The summed E-state index contributed by atoms with van der Waals surface area (Å²) < 4.78 is 10.9. The molecular formula is C31H58O4. The Labute approximate surface area is 217 Å². The summed E-state index contributed by atoms with van der Waals surface area (Å²) in [6.07, 6.45) is 24.3. The summed E-state index contributed by atoms with van der Waals surface area (Å²) in [7, 11) is 0. The van der Waals surface area contributed by atoms with Gasteiger partial charge < -0.3 is 9.47 Å². The highest BCUT2D eigenvalue weighted by Gasteiger charge is 2.31. The fraction of sp³-hybridized carbons (Fsp3) is 0.935. The molecule has 0 amide bonds. The molecule has 1 fully saturated rings. The molecule has 0 heterocycles. The normalized spacial score (nSPS) is 18.4. The van der Waals surface area contributed by atoms with Crippen molar-refractivity contribution in [3.05, 3.63) is 0 Å². The summed E-state index contributed by atoms with van der Waals surface area (Å²) in [6, 6.07) is 0. The van der Waals surface area contributed by atoms with Gasteiger partial charge in [-0.3, -0.25) is 9.59 Å². The number of unbranched alkanes of at least 4 members (excludes halogenated alkanes) is 14. The molecule has 0 aromatic rings. The third-order valence-corrected chi connectivity index (χ3v) is 7.74. The van der Waals surface area contributed by atoms with Crippen LogP contribution in [-0.2, 0) is 19.1 Å². The molecule has 0 aliphatic heterocycles. The quantitative estimate of drug-likeness (QED) is 0.125. The second-order valence-corrected chi connectivity index (χ2v) is 12.0. The van der Waals surface area contributed by atoms with Crippen LogP contribution in [0.25, 0.3) is 0 Å². The lowest BCUT2D eigenvalue weighted by Crippen LogP contribution is -2.30. The van der Waals surface area contributed by atoms with Crippen molar-refractivity contribution in [2.45, 2.75) is 169 Å². The van der Waals surface area contributed by atoms with Gasteiger partial charge in [0.05, 0.1) is 19.4 Å². The number of rotatable bonds is 20. The first-order chi connectivity index (χ1) is 16.8. The van der Waals surface area contributed by atoms with Crippen molar-refractivity contribution < 1.29 is 19.1 Å². The van der Waals surface area contributed by atoms with E-state index in [4.69, 9.17) is 9.47 Å². The van der Waals surface area contributed by atoms with E-state index in [9.17, 15) is 9.59 Å². The molecule has 1 saturated carbocycles. The Bertz CT molecular complexity index is 529. The molecular weight excluding hydrogens is 436 g/mol. The maximum absolute atomic E-state index is 12.1. The molecule has 4 nitrogen and oxygen atoms in total. The second-order valence-electron chi connectivity index (χ2n) is 12.0. The fourth-order valence-electron chi connectivity index (χ4n) is 5.23. The van der Waals surface area contributed by atoms with Gasteiger partial charge >= 0.3 is 11.9 Å². The first kappa shape index (κ1) is 32.0. The summed E-state index contributed by atoms with van der Waals surface area (Å²) in [5, 5.41) is 0. The Kier molecular flexibility index (Phi) is 18.3. The van der Waals surface area contributed by atoms with Crippen LogP contribution in [-0.4, -0.2) is 24.6 Å². The number of carbonyl (C=O) groups is 2. The van der Waals surface area contributed by atoms with E-state index in [0.717, 1.165) is 38.5 Å². The van der Waals surface area contributed by atoms with Crippen LogP contribution in [0.5, 0.6) is 0 Å². The molecule has 1 aliphatic carbocycles. The molecule has 4 heteroatoms. The number of hydrogen-bond acceptors (Lipinski definition) is 4. The number of carbonyl (C=O) groups excluding carboxylic acids is 2. The Balaban J connectivity index is 1.85. The van der Waals surface area contributed by atoms with E-state index >= 15 is 0 Å². The maximum Gasteiger partial charge on any atom is 0.306 e. The van der Waals surface area contributed by atoms with Crippen LogP contribution >= 0.6 is 0 Å². The summed E-state index contributed by atoms with van der Waals surface area (Å²) in [6.45, 7) is 9.61. The fourth-order valence-corrected chi connectivity index (χ4v) is 5.23. The van der Waals surface area contributed by atoms with E-state index in [1.807, 2.05) is 0 Å². The van der Waals surface area contributed by atoms with E-state index < -0.39 is 0 Å². The van der Waals surface area contributed by atoms with Crippen molar-refractivity contribution >= 4 is 11.9 Å². The smallest absolute Gasteiger partial charge is 0.306 e. The van der Waals surface area contributed by atoms with E-state index in [2.05, 4.69) is 27.7 Å². The summed E-state index contributed by atoms with van der Waals surface area (Å²) in [4.78, 5) is 24.0. The van der Waals surface area contributed by atoms with Gasteiger partial charge in [-0.1, -0.05) is 118 Å². The number of esters is 2. The molecule has 206 valence electrons. The minimum absolute atomic E-state index is 0.0254. The molecule has 35 heavy (non-hydrogen) atoms. The lowest BCUT2D eigenvalue weighted by molar-refractivity contribution is -0.155. The lowest BCUT2D eigenvalue weighted by atomic mass is 9.72. The van der Waals surface area contributed by atoms with Crippen molar-refractivity contribution in [1.82, 2.24) is 0 Å². The van der Waals surface area contributed by atoms with Gasteiger partial charge in [0.25, 0.3) is 0 Å². The summed E-state index contributed by atoms with van der Waals surface area (Å²) in [5.74, 6) is 0.170. The lowest BCUT2D eigenvalue weighted by Gasteiger charge is -2.36. The third-order valence-electron chi connectivity index (χ3n) is 7.74. The van der Waals surface area contributed by atoms with Gasteiger partial charge in [0.15, 0.2) is 0 Å². The second kappa shape index (κ2) is 20.0. The zero-order valence-electron chi connectivity index (χ0n) is 23.8. The van der Waals surface area contributed by atoms with Gasteiger partial charge in [-0.2, -0.15) is 0 Å². The van der Waals surface area contributed by atoms with Crippen LogP contribution in [0.3, 0.4) is 0 Å². The van der Waals surface area contributed by atoms with Crippen LogP contribution in [0.1, 0.15) is 163 Å². The predicted molar refractivity (Wildman–Crippen MR) is 146 cm³/mol. The molecule has 0 spiro atoms. The van der Waals surface area contributed by atoms with Crippen molar-refractivity contribution in [2.75, 3.05) is 6.61 Å². The molecule has 0 N–H and O–H groups in total. The maximum atomic E-state index is 12.1. The average Bonchev–Trinajstić information content (AvgIpc) is 2.82. The first-order valence-electron chi connectivity index (χ1n) is 15.2. The average molecular weight is 495 g/mol. The zero-order chi connectivity index (χ0) is 25.8. The van der Waals surface area contributed by atoms with Gasteiger partial charge in [0, 0.05) is 0 Å². The number of ether oxygens (including phenoxy) is 2. The van der Waals surface area contributed by atoms with Crippen LogP contribution < -0.4 is 0 Å². The highest BCUT2D eigenvalue weighted by atomic mass is 16.5. The van der Waals surface area contributed by atoms with E-state index in [0.29, 0.717) is 17.9 Å². The standard InChI is InChI=1S/C31H58O4/c1-5-6-7-8-9-10-11-12-13-14-15-16-17-18-19-26-34-29(32)24-25-30(33)35-28-22-20-27(21-23-28)31(2,3)4/h27-28H,5-26H2,1-4H3. The largest absolute Gasteiger partial charge is 0.466 e. The highest BCUT2D eigenvalue weighted by Crippen LogP contribution is 2.38. The minimum atomic E-state index is -0.274. The van der Waals surface area contributed by atoms with Crippen LogP contribution in [0.4, 0.5) is 0 Å². The minimum Gasteiger partial charge on any atom is -0.466 e. The van der Waals surface area contributed by atoms with Crippen molar-refractivity contribution in [1.29, 1.82) is 0 Å². The monoisotopic (exact) mass is 494 g/mol. The summed E-state index contributed by atoms with van der Waals surface area (Å²) >= 11 is 0. The topological polar surface area (TPSA) is 52.6 Å². The van der Waals surface area contributed by atoms with Crippen LogP contribution in [0, 0.1) is 11.3 Å². The van der Waals surface area contributed by atoms with E-state index in [-0.39, 0.29) is 30.9 Å². The van der Waals surface area contributed by atoms with Crippen molar-refractivity contribution in [2.24, 2.45) is 11.3 Å². The molecule has 0 unspecified atom stereocenters. The number of hydrogen-bond donors (Lipinski definition) is 0. The molecule has 0 bridgehead atoms. The summed E-state index contributed by atoms with van der Waals surface area (Å²) in [5.41, 5.74) is 0.325. The van der Waals surface area contributed by atoms with Gasteiger partial charge in [0.2, 0.25) is 0 Å². The highest BCUT2D eigenvalue weighted by molar-refractivity contribution is 5.77. The molecule has 0 aromatic heterocycles. The van der Waals surface area contributed by atoms with Gasteiger partial charge in [-0.05, 0) is 43.4 Å². The van der Waals surface area contributed by atoms with Crippen LogP contribution in [0.15, 0.2) is 0 Å². The van der Waals surface area contributed by atoms with Crippen molar-refractivity contribution in [3.8, 4) is 0 Å². The van der Waals surface area contributed by atoms with E-state index in [1.165, 1.54) is 83.5 Å². The Morgan fingerprint density at radius 1 is 0.629 bits per heavy atom. The molecule has 0 radical (unpaired) electrons. The van der Waals surface area contributed by atoms with Gasteiger partial charge in [-0.25, -0.2) is 0 Å². The third kappa shape index (κ3) is 17.9. The molecule has 0 aromatic carbocycles. The van der Waals surface area contributed by atoms with Crippen LogP contribution in [0.2, 0.25) is 0 Å². The Morgan fingerprint density at radius 3 is 1.51 bits per heavy atom. The van der Waals surface area contributed by atoms with Gasteiger partial charge in [-0.15, -0.1) is 0 Å². The van der Waals surface area contributed by atoms with E-state index in [1.54, 1.807) is 0 Å².